The highest BCUT2D eigenvalue weighted by Crippen LogP contribution is 2.12. The van der Waals surface area contributed by atoms with Crippen molar-refractivity contribution in [2.75, 3.05) is 0 Å². The van der Waals surface area contributed by atoms with E-state index in [1.165, 1.54) is 6.08 Å². The molecule has 0 aliphatic heterocycles. The van der Waals surface area contributed by atoms with Crippen LogP contribution < -0.4 is 11.1 Å². The predicted octanol–water partition coefficient (Wildman–Crippen LogP) is 2.71. The maximum atomic E-state index is 12.1. The fraction of sp³-hybridized carbons (Fsp3) is 0. The maximum absolute atomic E-state index is 12.1. The Labute approximate surface area is 130 Å². The van der Waals surface area contributed by atoms with Gasteiger partial charge in [-0.3, -0.25) is 9.59 Å². The molecule has 0 saturated carbocycles. The molecule has 3 N–H and O–H groups in total. The van der Waals surface area contributed by atoms with Gasteiger partial charge in [-0.05, 0) is 29.8 Å². The summed E-state index contributed by atoms with van der Waals surface area (Å²) in [5.74, 6) is -1.08. The lowest BCUT2D eigenvalue weighted by Crippen LogP contribution is -2.31. The Hall–Kier alpha value is -2.40. The van der Waals surface area contributed by atoms with E-state index in [-0.39, 0.29) is 5.70 Å². The van der Waals surface area contributed by atoms with Crippen LogP contribution in [0, 0.1) is 0 Å². The number of primary amides is 1. The summed E-state index contributed by atoms with van der Waals surface area (Å²) in [7, 11) is 0. The van der Waals surface area contributed by atoms with E-state index in [4.69, 9.17) is 5.73 Å². The number of rotatable bonds is 4. The van der Waals surface area contributed by atoms with Gasteiger partial charge in [-0.2, -0.15) is 0 Å². The molecule has 2 aromatic carbocycles. The molecular weight excluding hydrogens is 332 g/mol. The number of benzene rings is 2. The third-order valence-electron chi connectivity index (χ3n) is 2.71. The molecule has 0 aliphatic rings. The Morgan fingerprint density at radius 2 is 1.76 bits per heavy atom. The van der Waals surface area contributed by atoms with E-state index in [1.54, 1.807) is 18.2 Å². The van der Waals surface area contributed by atoms with Crippen molar-refractivity contribution in [1.82, 2.24) is 5.32 Å². The molecular formula is C16H13BrN2O2. The molecule has 0 atom stereocenters. The zero-order chi connectivity index (χ0) is 15.2. The number of nitrogens with one attached hydrogen (secondary N) is 1. The highest BCUT2D eigenvalue weighted by atomic mass is 79.9. The van der Waals surface area contributed by atoms with Crippen molar-refractivity contribution >= 4 is 33.8 Å². The van der Waals surface area contributed by atoms with Crippen molar-refractivity contribution in [3.05, 3.63) is 75.9 Å². The van der Waals surface area contributed by atoms with Crippen LogP contribution in [0.25, 0.3) is 6.08 Å². The summed E-state index contributed by atoms with van der Waals surface area (Å²) >= 11 is 3.29. The molecule has 0 aliphatic carbocycles. The first-order valence-electron chi connectivity index (χ1n) is 6.20. The molecule has 4 nitrogen and oxygen atoms in total. The molecule has 0 spiro atoms. The summed E-state index contributed by atoms with van der Waals surface area (Å²) in [5, 5.41) is 2.54. The van der Waals surface area contributed by atoms with Crippen LogP contribution in [0.5, 0.6) is 0 Å². The molecule has 0 aromatic heterocycles. The fourth-order valence-corrected chi connectivity index (χ4v) is 2.11. The molecule has 5 heteroatoms. The lowest BCUT2D eigenvalue weighted by molar-refractivity contribution is -0.114. The number of hydrogen-bond donors (Lipinski definition) is 2. The smallest absolute Gasteiger partial charge is 0.265 e. The Bertz CT molecular complexity index is 696. The molecule has 0 radical (unpaired) electrons. The highest BCUT2D eigenvalue weighted by Gasteiger charge is 2.12. The summed E-state index contributed by atoms with van der Waals surface area (Å²) in [6.45, 7) is 0. The maximum Gasteiger partial charge on any atom is 0.265 e. The fourth-order valence-electron chi connectivity index (χ4n) is 1.71. The molecule has 0 saturated heterocycles. The third-order valence-corrected chi connectivity index (χ3v) is 3.20. The summed E-state index contributed by atoms with van der Waals surface area (Å²) in [6, 6.07) is 16.0. The lowest BCUT2D eigenvalue weighted by atomic mass is 10.1. The Kier molecular flexibility index (Phi) is 4.90. The van der Waals surface area contributed by atoms with Gasteiger partial charge in [-0.1, -0.05) is 52.3 Å². The van der Waals surface area contributed by atoms with E-state index in [2.05, 4.69) is 21.2 Å². The van der Waals surface area contributed by atoms with Gasteiger partial charge in [0.05, 0.1) is 0 Å². The Morgan fingerprint density at radius 1 is 1.05 bits per heavy atom. The third kappa shape index (κ3) is 4.29. The van der Waals surface area contributed by atoms with Crippen molar-refractivity contribution in [1.29, 1.82) is 0 Å². The van der Waals surface area contributed by atoms with Gasteiger partial charge >= 0.3 is 0 Å². The number of carbonyl (C=O) groups is 2. The summed E-state index contributed by atoms with van der Waals surface area (Å²) in [4.78, 5) is 23.6. The molecule has 0 fully saturated rings. The van der Waals surface area contributed by atoms with Crippen LogP contribution in [0.1, 0.15) is 15.9 Å². The molecule has 21 heavy (non-hydrogen) atoms. The topological polar surface area (TPSA) is 72.2 Å². The van der Waals surface area contributed by atoms with Crippen LogP contribution in [0.3, 0.4) is 0 Å². The van der Waals surface area contributed by atoms with Gasteiger partial charge in [0, 0.05) is 10.0 Å². The highest BCUT2D eigenvalue weighted by molar-refractivity contribution is 9.10. The van der Waals surface area contributed by atoms with Crippen molar-refractivity contribution in [3.8, 4) is 0 Å². The zero-order valence-corrected chi connectivity index (χ0v) is 12.6. The van der Waals surface area contributed by atoms with E-state index in [9.17, 15) is 9.59 Å². The normalized spacial score (nSPS) is 11.0. The Balaban J connectivity index is 2.23. The first-order chi connectivity index (χ1) is 10.1. The molecule has 106 valence electrons. The second-order valence-corrected chi connectivity index (χ2v) is 5.21. The van der Waals surface area contributed by atoms with Crippen LogP contribution in [0.4, 0.5) is 0 Å². The molecule has 2 rings (SSSR count). The summed E-state index contributed by atoms with van der Waals surface area (Å²) < 4.78 is 0.780. The summed E-state index contributed by atoms with van der Waals surface area (Å²) in [6.07, 6.45) is 1.54. The molecule has 2 aromatic rings. The van der Waals surface area contributed by atoms with Gasteiger partial charge in [0.1, 0.15) is 5.70 Å². The first-order valence-corrected chi connectivity index (χ1v) is 6.99. The largest absolute Gasteiger partial charge is 0.364 e. The SMILES string of the molecule is NC(=O)/C(=C/c1ccccc1)NC(=O)c1cccc(Br)c1. The van der Waals surface area contributed by atoms with Crippen molar-refractivity contribution in [2.45, 2.75) is 0 Å². The minimum atomic E-state index is -0.692. The van der Waals surface area contributed by atoms with Crippen LogP contribution in [-0.4, -0.2) is 11.8 Å². The lowest BCUT2D eigenvalue weighted by Gasteiger charge is -2.07. The molecule has 2 amide bonds. The second kappa shape index (κ2) is 6.85. The second-order valence-electron chi connectivity index (χ2n) is 4.30. The summed E-state index contributed by atoms with van der Waals surface area (Å²) in [5.41, 5.74) is 6.57. The van der Waals surface area contributed by atoms with E-state index in [1.807, 2.05) is 36.4 Å². The quantitative estimate of drug-likeness (QED) is 0.837. The minimum absolute atomic E-state index is 0.0474. The van der Waals surface area contributed by atoms with Crippen LogP contribution in [0.2, 0.25) is 0 Å². The van der Waals surface area contributed by atoms with Gasteiger partial charge in [0.25, 0.3) is 11.8 Å². The average molecular weight is 345 g/mol. The predicted molar refractivity (Wildman–Crippen MR) is 85.2 cm³/mol. The molecule has 0 unspecified atom stereocenters. The zero-order valence-electron chi connectivity index (χ0n) is 11.0. The van der Waals surface area contributed by atoms with Crippen LogP contribution >= 0.6 is 15.9 Å². The number of hydrogen-bond acceptors (Lipinski definition) is 2. The Morgan fingerprint density at radius 3 is 2.38 bits per heavy atom. The standard InChI is InChI=1S/C16H13BrN2O2/c17-13-8-4-7-12(10-13)16(21)19-14(15(18)20)9-11-5-2-1-3-6-11/h1-10H,(H2,18,20)(H,19,21)/b14-9-. The minimum Gasteiger partial charge on any atom is -0.364 e. The van der Waals surface area contributed by atoms with Gasteiger partial charge in [0.2, 0.25) is 0 Å². The van der Waals surface area contributed by atoms with Crippen molar-refractivity contribution in [2.24, 2.45) is 5.73 Å². The first kappa shape index (κ1) is 15.0. The number of halogens is 1. The van der Waals surface area contributed by atoms with Crippen molar-refractivity contribution < 1.29 is 9.59 Å². The van der Waals surface area contributed by atoms with E-state index < -0.39 is 11.8 Å². The van der Waals surface area contributed by atoms with Gasteiger partial charge < -0.3 is 11.1 Å². The number of amides is 2. The molecule has 0 heterocycles. The van der Waals surface area contributed by atoms with Crippen molar-refractivity contribution in [3.63, 3.8) is 0 Å². The average Bonchev–Trinajstić information content (AvgIpc) is 2.47. The van der Waals surface area contributed by atoms with E-state index in [0.29, 0.717) is 5.56 Å². The monoisotopic (exact) mass is 344 g/mol. The van der Waals surface area contributed by atoms with E-state index in [0.717, 1.165) is 10.0 Å². The van der Waals surface area contributed by atoms with Gasteiger partial charge in [0.15, 0.2) is 0 Å². The van der Waals surface area contributed by atoms with Crippen LogP contribution in [-0.2, 0) is 4.79 Å². The number of carbonyl (C=O) groups excluding carboxylic acids is 2. The van der Waals surface area contributed by atoms with E-state index >= 15 is 0 Å². The molecule has 0 bridgehead atoms. The van der Waals surface area contributed by atoms with Gasteiger partial charge in [-0.15, -0.1) is 0 Å². The number of nitrogens with two attached hydrogens (primary N) is 1. The van der Waals surface area contributed by atoms with Crippen LogP contribution in [0.15, 0.2) is 64.8 Å². The van der Waals surface area contributed by atoms with Gasteiger partial charge in [-0.25, -0.2) is 0 Å².